The van der Waals surface area contributed by atoms with E-state index in [0.29, 0.717) is 5.56 Å². The van der Waals surface area contributed by atoms with Crippen molar-refractivity contribution >= 4 is 5.97 Å². The molecule has 6 nitrogen and oxygen atoms in total. The van der Waals surface area contributed by atoms with Crippen molar-refractivity contribution in [2.75, 3.05) is 7.11 Å². The van der Waals surface area contributed by atoms with Gasteiger partial charge in [0.05, 0.1) is 19.4 Å². The highest BCUT2D eigenvalue weighted by Gasteiger charge is 2.27. The summed E-state index contributed by atoms with van der Waals surface area (Å²) in [5, 5.41) is 27.9. The summed E-state index contributed by atoms with van der Waals surface area (Å²) in [6, 6.07) is 2.96. The van der Waals surface area contributed by atoms with Crippen LogP contribution in [0.3, 0.4) is 0 Å². The highest BCUT2D eigenvalue weighted by molar-refractivity contribution is 5.75. The maximum Gasteiger partial charge on any atom is 0.337 e. The predicted octanol–water partition coefficient (Wildman–Crippen LogP) is -0.859. The highest BCUT2D eigenvalue weighted by atomic mass is 16.5. The third-order valence-electron chi connectivity index (χ3n) is 2.07. The number of methoxy groups -OCH3 is 1. The molecule has 1 aromatic heterocycles. The minimum Gasteiger partial charge on any atom is -0.467 e. The lowest BCUT2D eigenvalue weighted by Crippen LogP contribution is -2.29. The van der Waals surface area contributed by atoms with Crippen molar-refractivity contribution in [3.8, 4) is 0 Å². The van der Waals surface area contributed by atoms with E-state index in [1.807, 2.05) is 0 Å². The molecule has 0 aliphatic heterocycles. The third-order valence-corrected chi connectivity index (χ3v) is 2.07. The molecule has 2 unspecified atom stereocenters. The molecule has 0 radical (unpaired) electrons. The Labute approximate surface area is 92.1 Å². The van der Waals surface area contributed by atoms with Crippen molar-refractivity contribution in [3.63, 3.8) is 0 Å². The van der Waals surface area contributed by atoms with Gasteiger partial charge in [0.1, 0.15) is 6.10 Å². The van der Waals surface area contributed by atoms with Gasteiger partial charge in [-0.1, -0.05) is 0 Å². The summed E-state index contributed by atoms with van der Waals surface area (Å²) in [5.74, 6) is -0.941. The number of ether oxygens (including phenoxy) is 1. The zero-order chi connectivity index (χ0) is 12.1. The number of aliphatic hydroxyl groups is 3. The van der Waals surface area contributed by atoms with Crippen molar-refractivity contribution in [3.05, 3.63) is 29.6 Å². The summed E-state index contributed by atoms with van der Waals surface area (Å²) < 4.78 is 4.29. The second kappa shape index (κ2) is 5.55. The van der Waals surface area contributed by atoms with Crippen LogP contribution in [0.4, 0.5) is 0 Å². The molecule has 6 heteroatoms. The van der Waals surface area contributed by atoms with E-state index in [1.54, 1.807) is 6.07 Å². The van der Waals surface area contributed by atoms with Crippen LogP contribution in [-0.2, 0) is 16.1 Å². The fourth-order valence-corrected chi connectivity index (χ4v) is 1.17. The quantitative estimate of drug-likeness (QED) is 0.579. The minimum absolute atomic E-state index is 0.101. The average molecular weight is 227 g/mol. The molecule has 1 rings (SSSR count). The summed E-state index contributed by atoms with van der Waals surface area (Å²) in [7, 11) is 1.11. The molecule has 0 aromatic carbocycles. The molecular formula is C10H13NO5. The third kappa shape index (κ3) is 2.75. The molecule has 0 aliphatic rings. The molecular weight excluding hydrogens is 214 g/mol. The first-order chi connectivity index (χ1) is 7.60. The monoisotopic (exact) mass is 227 g/mol. The molecule has 1 heterocycles. The topological polar surface area (TPSA) is 99.9 Å². The van der Waals surface area contributed by atoms with Gasteiger partial charge in [-0.05, 0) is 17.7 Å². The summed E-state index contributed by atoms with van der Waals surface area (Å²) in [6.45, 7) is -0.212. The van der Waals surface area contributed by atoms with Gasteiger partial charge in [-0.15, -0.1) is 0 Å². The Bertz CT molecular complexity index is 368. The lowest BCUT2D eigenvalue weighted by Gasteiger charge is -2.15. The number of pyridine rings is 1. The van der Waals surface area contributed by atoms with Crippen molar-refractivity contribution in [2.45, 2.75) is 18.8 Å². The SMILES string of the molecule is COC(=O)C(O)C(O)c1cc(CO)ccn1. The molecule has 16 heavy (non-hydrogen) atoms. The largest absolute Gasteiger partial charge is 0.467 e. The van der Waals surface area contributed by atoms with E-state index in [1.165, 1.54) is 12.3 Å². The number of rotatable bonds is 4. The van der Waals surface area contributed by atoms with Gasteiger partial charge in [-0.2, -0.15) is 0 Å². The van der Waals surface area contributed by atoms with Crippen molar-refractivity contribution in [1.82, 2.24) is 4.98 Å². The van der Waals surface area contributed by atoms with Gasteiger partial charge in [-0.3, -0.25) is 4.98 Å². The number of hydrogen-bond donors (Lipinski definition) is 3. The van der Waals surface area contributed by atoms with Crippen LogP contribution in [0.15, 0.2) is 18.3 Å². The number of hydrogen-bond acceptors (Lipinski definition) is 6. The molecule has 0 spiro atoms. The van der Waals surface area contributed by atoms with E-state index in [4.69, 9.17) is 5.11 Å². The van der Waals surface area contributed by atoms with Crippen molar-refractivity contribution in [2.24, 2.45) is 0 Å². The van der Waals surface area contributed by atoms with Crippen LogP contribution in [0.2, 0.25) is 0 Å². The van der Waals surface area contributed by atoms with Gasteiger partial charge in [0.15, 0.2) is 6.10 Å². The number of esters is 1. The van der Waals surface area contributed by atoms with Crippen LogP contribution in [0.1, 0.15) is 17.4 Å². The number of carbonyl (C=O) groups is 1. The van der Waals surface area contributed by atoms with Gasteiger partial charge in [0.25, 0.3) is 0 Å². The molecule has 0 amide bonds. The predicted molar refractivity (Wildman–Crippen MR) is 53.1 cm³/mol. The molecule has 2 atom stereocenters. The Morgan fingerprint density at radius 1 is 1.56 bits per heavy atom. The molecule has 0 saturated carbocycles. The highest BCUT2D eigenvalue weighted by Crippen LogP contribution is 2.16. The van der Waals surface area contributed by atoms with Gasteiger partial charge in [0.2, 0.25) is 0 Å². The van der Waals surface area contributed by atoms with Gasteiger partial charge < -0.3 is 20.1 Å². The van der Waals surface area contributed by atoms with Crippen LogP contribution in [0.5, 0.6) is 0 Å². The van der Waals surface area contributed by atoms with Crippen LogP contribution < -0.4 is 0 Å². The molecule has 0 bridgehead atoms. The maximum atomic E-state index is 11.0. The molecule has 88 valence electrons. The Morgan fingerprint density at radius 3 is 2.81 bits per heavy atom. The zero-order valence-electron chi connectivity index (χ0n) is 8.70. The molecule has 0 aliphatic carbocycles. The average Bonchev–Trinajstić information content (AvgIpc) is 2.36. The van der Waals surface area contributed by atoms with E-state index in [9.17, 15) is 15.0 Å². The lowest BCUT2D eigenvalue weighted by molar-refractivity contribution is -0.157. The van der Waals surface area contributed by atoms with Gasteiger partial charge in [-0.25, -0.2) is 4.79 Å². The van der Waals surface area contributed by atoms with Crippen LogP contribution in [-0.4, -0.2) is 39.5 Å². The molecule has 0 saturated heterocycles. The maximum absolute atomic E-state index is 11.0. The Balaban J connectivity index is 2.86. The normalized spacial score (nSPS) is 14.2. The van der Waals surface area contributed by atoms with Crippen LogP contribution in [0, 0.1) is 0 Å². The van der Waals surface area contributed by atoms with E-state index < -0.39 is 18.2 Å². The summed E-state index contributed by atoms with van der Waals surface area (Å²) in [5.41, 5.74) is 0.630. The zero-order valence-corrected chi connectivity index (χ0v) is 8.70. The van der Waals surface area contributed by atoms with Crippen molar-refractivity contribution in [1.29, 1.82) is 0 Å². The van der Waals surface area contributed by atoms with Gasteiger partial charge >= 0.3 is 5.97 Å². The van der Waals surface area contributed by atoms with E-state index in [-0.39, 0.29) is 12.3 Å². The first-order valence-electron chi connectivity index (χ1n) is 4.59. The van der Waals surface area contributed by atoms with Gasteiger partial charge in [0, 0.05) is 6.20 Å². The fraction of sp³-hybridized carbons (Fsp3) is 0.400. The van der Waals surface area contributed by atoms with Crippen LogP contribution in [0.25, 0.3) is 0 Å². The second-order valence-electron chi connectivity index (χ2n) is 3.16. The lowest BCUT2D eigenvalue weighted by atomic mass is 10.1. The Morgan fingerprint density at radius 2 is 2.25 bits per heavy atom. The summed E-state index contributed by atoms with van der Waals surface area (Å²) in [6.07, 6.45) is -1.79. The molecule has 3 N–H and O–H groups in total. The Hall–Kier alpha value is -1.50. The van der Waals surface area contributed by atoms with E-state index >= 15 is 0 Å². The number of aromatic nitrogens is 1. The van der Waals surface area contributed by atoms with Crippen LogP contribution >= 0.6 is 0 Å². The number of aliphatic hydroxyl groups excluding tert-OH is 3. The van der Waals surface area contributed by atoms with E-state index in [0.717, 1.165) is 7.11 Å². The first-order valence-corrected chi connectivity index (χ1v) is 4.59. The van der Waals surface area contributed by atoms with Crippen molar-refractivity contribution < 1.29 is 24.9 Å². The number of nitrogens with zero attached hydrogens (tertiary/aromatic N) is 1. The molecule has 1 aromatic rings. The van der Waals surface area contributed by atoms with E-state index in [2.05, 4.69) is 9.72 Å². The Kier molecular flexibility index (Phi) is 4.36. The fourth-order valence-electron chi connectivity index (χ4n) is 1.17. The summed E-state index contributed by atoms with van der Waals surface area (Å²) >= 11 is 0. The smallest absolute Gasteiger partial charge is 0.337 e. The molecule has 0 fully saturated rings. The second-order valence-corrected chi connectivity index (χ2v) is 3.16. The number of carbonyl (C=O) groups excluding carboxylic acids is 1. The first kappa shape index (κ1) is 12.6. The minimum atomic E-state index is -1.69. The summed E-state index contributed by atoms with van der Waals surface area (Å²) in [4.78, 5) is 14.8. The standard InChI is InChI=1S/C10H13NO5/c1-16-10(15)9(14)8(13)7-4-6(5-12)2-3-11-7/h2-4,8-9,12-14H,5H2,1H3.